The van der Waals surface area contributed by atoms with E-state index in [4.69, 9.17) is 5.73 Å². The molecule has 0 unspecified atom stereocenters. The van der Waals surface area contributed by atoms with Gasteiger partial charge in [-0.15, -0.1) is 11.3 Å². The predicted molar refractivity (Wildman–Crippen MR) is 58.4 cm³/mol. The van der Waals surface area contributed by atoms with Crippen LogP contribution in [0.1, 0.15) is 41.2 Å². The minimum Gasteiger partial charge on any atom is -0.330 e. The van der Waals surface area contributed by atoms with E-state index in [0.29, 0.717) is 5.92 Å². The first-order valence-corrected chi connectivity index (χ1v) is 5.98. The molecule has 1 atom stereocenters. The van der Waals surface area contributed by atoms with Crippen LogP contribution >= 0.6 is 11.3 Å². The number of thiophene rings is 1. The highest BCUT2D eigenvalue weighted by atomic mass is 32.1. The Labute approximate surface area is 84.0 Å². The van der Waals surface area contributed by atoms with Gasteiger partial charge in [0.2, 0.25) is 0 Å². The second-order valence-electron chi connectivity index (χ2n) is 3.93. The van der Waals surface area contributed by atoms with E-state index >= 15 is 0 Å². The van der Waals surface area contributed by atoms with Gasteiger partial charge in [-0.3, -0.25) is 0 Å². The molecular weight excluding hydrogens is 178 g/mol. The van der Waals surface area contributed by atoms with Crippen molar-refractivity contribution in [2.24, 2.45) is 5.73 Å². The van der Waals surface area contributed by atoms with Crippen LogP contribution in [0, 0.1) is 6.92 Å². The van der Waals surface area contributed by atoms with Gasteiger partial charge in [0.05, 0.1) is 0 Å². The molecule has 1 aromatic rings. The van der Waals surface area contributed by atoms with Crippen LogP contribution in [0.25, 0.3) is 0 Å². The van der Waals surface area contributed by atoms with Gasteiger partial charge in [-0.2, -0.15) is 0 Å². The molecule has 1 aliphatic carbocycles. The summed E-state index contributed by atoms with van der Waals surface area (Å²) in [6.45, 7) is 3.05. The van der Waals surface area contributed by atoms with Crippen LogP contribution in [0.3, 0.4) is 0 Å². The lowest BCUT2D eigenvalue weighted by Gasteiger charge is -2.13. The van der Waals surface area contributed by atoms with E-state index in [-0.39, 0.29) is 0 Å². The molecule has 0 radical (unpaired) electrons. The zero-order valence-corrected chi connectivity index (χ0v) is 8.99. The first kappa shape index (κ1) is 9.22. The first-order valence-electron chi connectivity index (χ1n) is 5.10. The minimum atomic E-state index is 0.642. The van der Waals surface area contributed by atoms with Gasteiger partial charge in [0, 0.05) is 4.88 Å². The molecule has 72 valence electrons. The maximum absolute atomic E-state index is 5.82. The van der Waals surface area contributed by atoms with E-state index < -0.39 is 0 Å². The van der Waals surface area contributed by atoms with Crippen LogP contribution in [0.5, 0.6) is 0 Å². The zero-order chi connectivity index (χ0) is 9.26. The number of fused-ring (bicyclic) bond motifs is 1. The molecule has 0 bridgehead atoms. The third-order valence-corrected chi connectivity index (χ3v) is 4.18. The molecule has 1 aliphatic rings. The lowest BCUT2D eigenvalue weighted by molar-refractivity contribution is 0.601. The fourth-order valence-corrected chi connectivity index (χ4v) is 3.47. The molecule has 1 aromatic heterocycles. The summed E-state index contributed by atoms with van der Waals surface area (Å²) in [4.78, 5) is 1.60. The quantitative estimate of drug-likeness (QED) is 0.685. The van der Waals surface area contributed by atoms with E-state index in [1.807, 2.05) is 11.3 Å². The Morgan fingerprint density at radius 1 is 1.54 bits per heavy atom. The summed E-state index contributed by atoms with van der Waals surface area (Å²) in [6, 6.07) is 0. The van der Waals surface area contributed by atoms with Crippen molar-refractivity contribution in [2.45, 2.75) is 38.5 Å². The van der Waals surface area contributed by atoms with Crippen molar-refractivity contribution in [3.05, 3.63) is 21.4 Å². The lowest BCUT2D eigenvalue weighted by Crippen LogP contribution is -2.12. The molecule has 0 spiro atoms. The summed E-state index contributed by atoms with van der Waals surface area (Å²) in [5.74, 6) is 0.642. The Morgan fingerprint density at radius 3 is 3.15 bits per heavy atom. The van der Waals surface area contributed by atoms with Gasteiger partial charge < -0.3 is 5.73 Å². The van der Waals surface area contributed by atoms with Gasteiger partial charge in [-0.25, -0.2) is 0 Å². The van der Waals surface area contributed by atoms with Crippen molar-refractivity contribution in [2.75, 3.05) is 6.54 Å². The van der Waals surface area contributed by atoms with Crippen molar-refractivity contribution in [1.82, 2.24) is 0 Å². The van der Waals surface area contributed by atoms with Crippen molar-refractivity contribution in [3.63, 3.8) is 0 Å². The molecule has 0 fully saturated rings. The van der Waals surface area contributed by atoms with Crippen LogP contribution in [0.2, 0.25) is 0 Å². The van der Waals surface area contributed by atoms with E-state index in [9.17, 15) is 0 Å². The molecule has 1 heterocycles. The maximum Gasteiger partial charge on any atom is 0.00832 e. The number of rotatable bonds is 1. The summed E-state index contributed by atoms with van der Waals surface area (Å²) in [5.41, 5.74) is 8.88. The number of hydrogen-bond donors (Lipinski definition) is 1. The number of nitrogens with two attached hydrogens (primary N) is 1. The van der Waals surface area contributed by atoms with Crippen molar-refractivity contribution < 1.29 is 0 Å². The summed E-state index contributed by atoms with van der Waals surface area (Å²) < 4.78 is 0. The average molecular weight is 195 g/mol. The van der Waals surface area contributed by atoms with Crippen molar-refractivity contribution >= 4 is 11.3 Å². The molecule has 0 saturated heterocycles. The molecule has 2 heteroatoms. The van der Waals surface area contributed by atoms with Gasteiger partial charge in [0.15, 0.2) is 0 Å². The molecule has 2 rings (SSSR count). The summed E-state index contributed by atoms with van der Waals surface area (Å²) >= 11 is 1.93. The Hall–Kier alpha value is -0.340. The fraction of sp³-hybridized carbons (Fsp3) is 0.636. The van der Waals surface area contributed by atoms with Gasteiger partial charge in [-0.05, 0) is 55.2 Å². The zero-order valence-electron chi connectivity index (χ0n) is 8.18. The van der Waals surface area contributed by atoms with Crippen molar-refractivity contribution in [1.29, 1.82) is 0 Å². The van der Waals surface area contributed by atoms with Gasteiger partial charge in [0.1, 0.15) is 0 Å². The molecule has 0 amide bonds. The molecular formula is C11H17NS. The SMILES string of the molecule is Cc1csc2c1[C@@H](CN)CCCC2. The highest BCUT2D eigenvalue weighted by Crippen LogP contribution is 2.35. The highest BCUT2D eigenvalue weighted by molar-refractivity contribution is 7.10. The topological polar surface area (TPSA) is 26.0 Å². The van der Waals surface area contributed by atoms with Gasteiger partial charge >= 0.3 is 0 Å². The normalized spacial score (nSPS) is 22.5. The standard InChI is InChI=1S/C11H17NS/c1-8-7-13-10-5-3-2-4-9(6-12)11(8)10/h7,9H,2-6,12H2,1H3/t9-/m1/s1. The fourth-order valence-electron chi connectivity index (χ4n) is 2.31. The summed E-state index contributed by atoms with van der Waals surface area (Å²) in [5, 5.41) is 2.29. The molecule has 0 aliphatic heterocycles. The van der Waals surface area contributed by atoms with E-state index in [1.54, 1.807) is 10.4 Å². The Balaban J connectivity index is 2.38. The summed E-state index contributed by atoms with van der Waals surface area (Å²) in [7, 11) is 0. The van der Waals surface area contributed by atoms with Crippen LogP contribution in [0.4, 0.5) is 0 Å². The van der Waals surface area contributed by atoms with E-state index in [2.05, 4.69) is 12.3 Å². The predicted octanol–water partition coefficient (Wildman–Crippen LogP) is 2.83. The lowest BCUT2D eigenvalue weighted by atomic mass is 9.94. The Bertz CT molecular complexity index is 290. The van der Waals surface area contributed by atoms with Gasteiger partial charge in [0.25, 0.3) is 0 Å². The smallest absolute Gasteiger partial charge is 0.00832 e. The molecule has 0 aromatic carbocycles. The minimum absolute atomic E-state index is 0.642. The van der Waals surface area contributed by atoms with Crippen LogP contribution in [-0.2, 0) is 6.42 Å². The third kappa shape index (κ3) is 1.65. The number of aryl methyl sites for hydroxylation is 2. The Kier molecular flexibility index (Phi) is 2.70. The third-order valence-electron chi connectivity index (χ3n) is 3.00. The Morgan fingerprint density at radius 2 is 2.38 bits per heavy atom. The van der Waals surface area contributed by atoms with E-state index in [1.165, 1.54) is 31.2 Å². The summed E-state index contributed by atoms with van der Waals surface area (Å²) in [6.07, 6.45) is 5.28. The van der Waals surface area contributed by atoms with Gasteiger partial charge in [-0.1, -0.05) is 6.42 Å². The average Bonchev–Trinajstić information content (AvgIpc) is 2.39. The largest absolute Gasteiger partial charge is 0.330 e. The molecule has 0 saturated carbocycles. The van der Waals surface area contributed by atoms with Crippen LogP contribution in [0.15, 0.2) is 5.38 Å². The van der Waals surface area contributed by atoms with Crippen LogP contribution in [-0.4, -0.2) is 6.54 Å². The van der Waals surface area contributed by atoms with Crippen molar-refractivity contribution in [3.8, 4) is 0 Å². The second kappa shape index (κ2) is 3.81. The second-order valence-corrected chi connectivity index (χ2v) is 4.90. The van der Waals surface area contributed by atoms with E-state index in [0.717, 1.165) is 6.54 Å². The first-order chi connectivity index (χ1) is 6.33. The molecule has 13 heavy (non-hydrogen) atoms. The maximum atomic E-state index is 5.82. The monoisotopic (exact) mass is 195 g/mol. The van der Waals surface area contributed by atoms with Crippen LogP contribution < -0.4 is 5.73 Å². The number of hydrogen-bond acceptors (Lipinski definition) is 2. The molecule has 1 nitrogen and oxygen atoms in total. The highest BCUT2D eigenvalue weighted by Gasteiger charge is 2.20. The molecule has 2 N–H and O–H groups in total.